The molecule has 1 amide bonds. The van der Waals surface area contributed by atoms with E-state index in [9.17, 15) is 9.59 Å². The molecule has 4 nitrogen and oxygen atoms in total. The van der Waals surface area contributed by atoms with Crippen LogP contribution in [0.2, 0.25) is 0 Å². The molecular formula is C15H29NO3. The summed E-state index contributed by atoms with van der Waals surface area (Å²) in [4.78, 5) is 24.4. The molecule has 0 radical (unpaired) electrons. The lowest BCUT2D eigenvalue weighted by Gasteiger charge is -2.34. The lowest BCUT2D eigenvalue weighted by molar-refractivity contribution is -0.148. The Balaban J connectivity index is 4.09. The van der Waals surface area contributed by atoms with Crippen molar-refractivity contribution in [1.29, 1.82) is 0 Å². The van der Waals surface area contributed by atoms with E-state index in [1.54, 1.807) is 0 Å². The summed E-state index contributed by atoms with van der Waals surface area (Å²) in [7, 11) is 0. The topological polar surface area (TPSA) is 57.6 Å². The predicted molar refractivity (Wildman–Crippen MR) is 77.1 cm³/mol. The Bertz CT molecular complexity index is 282. The van der Waals surface area contributed by atoms with E-state index in [4.69, 9.17) is 5.11 Å². The molecule has 0 rings (SSSR count). The van der Waals surface area contributed by atoms with Gasteiger partial charge in [-0.05, 0) is 27.2 Å². The van der Waals surface area contributed by atoms with Crippen molar-refractivity contribution in [3.05, 3.63) is 0 Å². The van der Waals surface area contributed by atoms with E-state index in [2.05, 4.69) is 6.92 Å². The molecule has 19 heavy (non-hydrogen) atoms. The van der Waals surface area contributed by atoms with Crippen molar-refractivity contribution in [2.45, 2.75) is 78.2 Å². The summed E-state index contributed by atoms with van der Waals surface area (Å²) >= 11 is 0. The molecule has 0 aliphatic rings. The lowest BCUT2D eigenvalue weighted by Crippen LogP contribution is -2.48. The third-order valence-corrected chi connectivity index (χ3v) is 3.15. The summed E-state index contributed by atoms with van der Waals surface area (Å²) in [6.07, 6.45) is 7.22. The Morgan fingerprint density at radius 1 is 1.00 bits per heavy atom. The Kier molecular flexibility index (Phi) is 8.44. The Labute approximate surface area is 117 Å². The van der Waals surface area contributed by atoms with Gasteiger partial charge in [0, 0.05) is 12.0 Å². The number of nitrogens with zero attached hydrogens (tertiary/aromatic N) is 1. The van der Waals surface area contributed by atoms with Crippen LogP contribution in [0.5, 0.6) is 0 Å². The van der Waals surface area contributed by atoms with Gasteiger partial charge < -0.3 is 10.0 Å². The monoisotopic (exact) mass is 271 g/mol. The van der Waals surface area contributed by atoms with E-state index in [1.165, 1.54) is 24.2 Å². The van der Waals surface area contributed by atoms with Gasteiger partial charge in [0.05, 0.1) is 0 Å². The summed E-state index contributed by atoms with van der Waals surface area (Å²) in [6.45, 7) is 7.58. The van der Waals surface area contributed by atoms with Gasteiger partial charge in [-0.25, -0.2) is 0 Å². The van der Waals surface area contributed by atoms with Crippen LogP contribution in [0.3, 0.4) is 0 Å². The van der Waals surface area contributed by atoms with Gasteiger partial charge in [-0.15, -0.1) is 0 Å². The van der Waals surface area contributed by atoms with Gasteiger partial charge in [-0.2, -0.15) is 0 Å². The van der Waals surface area contributed by atoms with Crippen LogP contribution in [0.15, 0.2) is 0 Å². The third kappa shape index (κ3) is 8.62. The average molecular weight is 271 g/mol. The smallest absolute Gasteiger partial charge is 0.323 e. The quantitative estimate of drug-likeness (QED) is 0.653. The molecular weight excluding hydrogens is 242 g/mol. The molecule has 0 bridgehead atoms. The fourth-order valence-corrected chi connectivity index (χ4v) is 2.03. The van der Waals surface area contributed by atoms with Crippen molar-refractivity contribution in [2.75, 3.05) is 6.54 Å². The molecule has 0 atom stereocenters. The maximum absolute atomic E-state index is 12.1. The summed E-state index contributed by atoms with van der Waals surface area (Å²) in [5.74, 6) is -1.00. The van der Waals surface area contributed by atoms with Gasteiger partial charge in [0.15, 0.2) is 0 Å². The van der Waals surface area contributed by atoms with Gasteiger partial charge in [0.2, 0.25) is 5.91 Å². The van der Waals surface area contributed by atoms with Gasteiger partial charge in [-0.3, -0.25) is 9.59 Å². The number of hydrogen-bond donors (Lipinski definition) is 1. The van der Waals surface area contributed by atoms with E-state index in [0.29, 0.717) is 6.42 Å². The van der Waals surface area contributed by atoms with Gasteiger partial charge >= 0.3 is 5.97 Å². The zero-order chi connectivity index (χ0) is 14.9. The lowest BCUT2D eigenvalue weighted by atomic mass is 10.0. The molecule has 0 fully saturated rings. The maximum Gasteiger partial charge on any atom is 0.323 e. The highest BCUT2D eigenvalue weighted by atomic mass is 16.4. The standard InChI is InChI=1S/C15H29NO3/c1-5-6-7-8-9-10-11-13(17)16(12-14(18)19)15(2,3)4/h5-12H2,1-4H3,(H,18,19). The molecule has 0 spiro atoms. The van der Waals surface area contributed by atoms with Crippen LogP contribution in [-0.4, -0.2) is 34.0 Å². The minimum atomic E-state index is -0.953. The number of hydrogen-bond acceptors (Lipinski definition) is 2. The SMILES string of the molecule is CCCCCCCCC(=O)N(CC(=O)O)C(C)(C)C. The Hall–Kier alpha value is -1.06. The minimum absolute atomic E-state index is 0.0506. The highest BCUT2D eigenvalue weighted by Gasteiger charge is 2.27. The van der Waals surface area contributed by atoms with Crippen LogP contribution in [0.4, 0.5) is 0 Å². The van der Waals surface area contributed by atoms with E-state index in [-0.39, 0.29) is 12.5 Å². The van der Waals surface area contributed by atoms with Crippen LogP contribution in [0, 0.1) is 0 Å². The molecule has 0 saturated heterocycles. The molecule has 4 heteroatoms. The van der Waals surface area contributed by atoms with Crippen molar-refractivity contribution in [1.82, 2.24) is 4.90 Å². The second-order valence-corrected chi connectivity index (χ2v) is 6.06. The fraction of sp³-hybridized carbons (Fsp3) is 0.867. The molecule has 0 heterocycles. The third-order valence-electron chi connectivity index (χ3n) is 3.15. The number of rotatable bonds is 9. The number of unbranched alkanes of at least 4 members (excludes halogenated alkanes) is 5. The highest BCUT2D eigenvalue weighted by molar-refractivity contribution is 5.82. The van der Waals surface area contributed by atoms with Crippen molar-refractivity contribution < 1.29 is 14.7 Å². The first-order valence-electron chi connectivity index (χ1n) is 7.31. The van der Waals surface area contributed by atoms with Crippen LogP contribution in [-0.2, 0) is 9.59 Å². The first-order valence-corrected chi connectivity index (χ1v) is 7.31. The summed E-state index contributed by atoms with van der Waals surface area (Å²) in [6, 6.07) is 0. The van der Waals surface area contributed by atoms with Gasteiger partial charge in [-0.1, -0.05) is 39.0 Å². The van der Waals surface area contributed by atoms with Crippen molar-refractivity contribution >= 4 is 11.9 Å². The Morgan fingerprint density at radius 3 is 2.00 bits per heavy atom. The van der Waals surface area contributed by atoms with E-state index < -0.39 is 11.5 Å². The van der Waals surface area contributed by atoms with Gasteiger partial charge in [0.25, 0.3) is 0 Å². The second-order valence-electron chi connectivity index (χ2n) is 6.06. The molecule has 0 unspecified atom stereocenters. The van der Waals surface area contributed by atoms with Crippen molar-refractivity contribution in [3.8, 4) is 0 Å². The number of carbonyl (C=O) groups is 2. The van der Waals surface area contributed by atoms with E-state index >= 15 is 0 Å². The molecule has 1 N–H and O–H groups in total. The molecule has 0 aromatic heterocycles. The first kappa shape index (κ1) is 17.9. The van der Waals surface area contributed by atoms with Crippen molar-refractivity contribution in [2.24, 2.45) is 0 Å². The molecule has 0 aromatic carbocycles. The first-order chi connectivity index (χ1) is 8.79. The highest BCUT2D eigenvalue weighted by Crippen LogP contribution is 2.16. The number of amides is 1. The van der Waals surface area contributed by atoms with Crippen molar-refractivity contribution in [3.63, 3.8) is 0 Å². The summed E-state index contributed by atoms with van der Waals surface area (Å²) < 4.78 is 0. The van der Waals surface area contributed by atoms with E-state index in [1.807, 2.05) is 20.8 Å². The van der Waals surface area contributed by atoms with Crippen LogP contribution >= 0.6 is 0 Å². The fourth-order valence-electron chi connectivity index (χ4n) is 2.03. The largest absolute Gasteiger partial charge is 0.480 e. The van der Waals surface area contributed by atoms with Gasteiger partial charge in [0.1, 0.15) is 6.54 Å². The van der Waals surface area contributed by atoms with Crippen LogP contribution in [0.25, 0.3) is 0 Å². The zero-order valence-corrected chi connectivity index (χ0v) is 12.9. The predicted octanol–water partition coefficient (Wildman–Crippen LogP) is 3.45. The number of carbonyl (C=O) groups excluding carboxylic acids is 1. The molecule has 112 valence electrons. The average Bonchev–Trinajstić information content (AvgIpc) is 2.28. The number of carboxylic acids is 1. The number of aliphatic carboxylic acids is 1. The molecule has 0 aliphatic carbocycles. The minimum Gasteiger partial charge on any atom is -0.480 e. The normalized spacial score (nSPS) is 11.4. The molecule has 0 aromatic rings. The Morgan fingerprint density at radius 2 is 1.53 bits per heavy atom. The number of carboxylic acid groups (broad SMARTS) is 1. The van der Waals surface area contributed by atoms with Crippen LogP contribution in [0.1, 0.15) is 72.6 Å². The molecule has 0 saturated carbocycles. The van der Waals surface area contributed by atoms with E-state index in [0.717, 1.165) is 19.3 Å². The second kappa shape index (κ2) is 8.94. The zero-order valence-electron chi connectivity index (χ0n) is 12.9. The van der Waals surface area contributed by atoms with Crippen LogP contribution < -0.4 is 0 Å². The maximum atomic E-state index is 12.1. The summed E-state index contributed by atoms with van der Waals surface area (Å²) in [5, 5.41) is 8.87. The molecule has 0 aliphatic heterocycles. The summed E-state index contributed by atoms with van der Waals surface area (Å²) in [5.41, 5.74) is -0.433.